The third kappa shape index (κ3) is 4.23. The number of hydrogen-bond donors (Lipinski definition) is 1. The van der Waals surface area contributed by atoms with Crippen molar-refractivity contribution < 1.29 is 13.9 Å². The number of rotatable bonds is 6. The van der Waals surface area contributed by atoms with Gasteiger partial charge in [-0.3, -0.25) is 4.99 Å². The van der Waals surface area contributed by atoms with Gasteiger partial charge >= 0.3 is 5.97 Å². The predicted molar refractivity (Wildman–Crippen MR) is 134 cm³/mol. The van der Waals surface area contributed by atoms with E-state index in [9.17, 15) is 4.79 Å². The Kier molecular flexibility index (Phi) is 6.50. The number of fused-ring (bicyclic) bond motifs is 2. The molecule has 0 amide bonds. The van der Waals surface area contributed by atoms with Crippen molar-refractivity contribution in [1.82, 2.24) is 0 Å². The van der Waals surface area contributed by atoms with Crippen LogP contribution >= 0.6 is 0 Å². The summed E-state index contributed by atoms with van der Waals surface area (Å²) in [6, 6.07) is 15.9. The Morgan fingerprint density at radius 2 is 1.79 bits per heavy atom. The number of ether oxygens (including phenoxy) is 1. The molecule has 0 bridgehead atoms. The monoisotopic (exact) mass is 442 g/mol. The van der Waals surface area contributed by atoms with Crippen molar-refractivity contribution in [2.45, 2.75) is 34.6 Å². The molecule has 170 valence electrons. The molecule has 0 unspecified atom stereocenters. The summed E-state index contributed by atoms with van der Waals surface area (Å²) >= 11 is 0. The second-order valence-electron chi connectivity index (χ2n) is 8.05. The molecule has 0 saturated carbocycles. The van der Waals surface area contributed by atoms with E-state index in [4.69, 9.17) is 9.15 Å². The largest absolute Gasteiger partial charge is 0.462 e. The molecule has 1 aliphatic carbocycles. The van der Waals surface area contributed by atoms with Crippen LogP contribution in [0.15, 0.2) is 57.9 Å². The van der Waals surface area contributed by atoms with Gasteiger partial charge in [0.15, 0.2) is 0 Å². The van der Waals surface area contributed by atoms with E-state index < -0.39 is 0 Å². The van der Waals surface area contributed by atoms with Gasteiger partial charge in [0.25, 0.3) is 0 Å². The highest BCUT2D eigenvalue weighted by molar-refractivity contribution is 6.08. The minimum atomic E-state index is -0.328. The zero-order chi connectivity index (χ0) is 23.5. The minimum absolute atomic E-state index is 0.324. The second kappa shape index (κ2) is 9.49. The van der Waals surface area contributed by atoms with Gasteiger partial charge in [-0.05, 0) is 69.5 Å². The quantitative estimate of drug-likeness (QED) is 0.279. The van der Waals surface area contributed by atoms with Gasteiger partial charge in [-0.2, -0.15) is 0 Å². The summed E-state index contributed by atoms with van der Waals surface area (Å²) in [5.74, 6) is 0.408. The fourth-order valence-corrected chi connectivity index (χ4v) is 4.29. The van der Waals surface area contributed by atoms with Gasteiger partial charge in [0.1, 0.15) is 11.3 Å². The molecule has 0 spiro atoms. The Hall–Kier alpha value is -3.60. The number of benzene rings is 3. The second-order valence-corrected chi connectivity index (χ2v) is 8.05. The van der Waals surface area contributed by atoms with Crippen LogP contribution in [0.3, 0.4) is 0 Å². The van der Waals surface area contributed by atoms with Crippen LogP contribution in [0, 0.1) is 13.8 Å². The first-order valence-corrected chi connectivity index (χ1v) is 11.5. The van der Waals surface area contributed by atoms with E-state index in [1.165, 1.54) is 0 Å². The van der Waals surface area contributed by atoms with Crippen LogP contribution in [0.25, 0.3) is 33.4 Å². The molecule has 1 aliphatic heterocycles. The van der Waals surface area contributed by atoms with E-state index >= 15 is 0 Å². The van der Waals surface area contributed by atoms with Crippen LogP contribution < -0.4 is 10.7 Å². The number of esters is 1. The van der Waals surface area contributed by atoms with Crippen LogP contribution in [-0.4, -0.2) is 25.7 Å². The number of carbonyl (C=O) groups is 1. The standard InChI is InChI=1S/C28H30N2O3/c1-6-29-23-15-25-21(13-17(23)4)27(19-11-9-10-12-20(19)28(31)32-8-3)22-14-18(5)24(30-7-2)16-26(22)33-25/h9-16,29H,6-8H2,1-5H3/b30-24+. The number of nitrogens with one attached hydrogen (secondary N) is 1. The van der Waals surface area contributed by atoms with Gasteiger partial charge in [0, 0.05) is 47.4 Å². The van der Waals surface area contributed by atoms with Gasteiger partial charge in [0.2, 0.25) is 0 Å². The van der Waals surface area contributed by atoms with E-state index in [0.29, 0.717) is 18.7 Å². The van der Waals surface area contributed by atoms with Crippen molar-refractivity contribution in [3.63, 3.8) is 0 Å². The SMILES string of the molecule is CC/N=c1\cc2oc3cc(NCC)c(C)cc3c(-c3ccccc3C(=O)OCC)c-2cc1C. The molecular weight excluding hydrogens is 412 g/mol. The van der Waals surface area contributed by atoms with Crippen molar-refractivity contribution in [2.75, 3.05) is 25.0 Å². The third-order valence-corrected chi connectivity index (χ3v) is 5.77. The van der Waals surface area contributed by atoms with Gasteiger partial charge in [-0.15, -0.1) is 0 Å². The number of carbonyl (C=O) groups excluding carboxylic acids is 1. The Morgan fingerprint density at radius 3 is 2.52 bits per heavy atom. The van der Waals surface area contributed by atoms with Gasteiger partial charge < -0.3 is 14.5 Å². The Balaban J connectivity index is 2.15. The van der Waals surface area contributed by atoms with Crippen LogP contribution in [0.1, 0.15) is 42.3 Å². The van der Waals surface area contributed by atoms with E-state index in [2.05, 4.69) is 43.2 Å². The van der Waals surface area contributed by atoms with Crippen molar-refractivity contribution in [1.29, 1.82) is 0 Å². The van der Waals surface area contributed by atoms with E-state index in [-0.39, 0.29) is 5.97 Å². The van der Waals surface area contributed by atoms with Crippen molar-refractivity contribution >= 4 is 22.6 Å². The highest BCUT2D eigenvalue weighted by Gasteiger charge is 2.23. The van der Waals surface area contributed by atoms with Crippen molar-refractivity contribution in [3.8, 4) is 22.5 Å². The lowest BCUT2D eigenvalue weighted by Crippen LogP contribution is -2.10. The molecule has 0 radical (unpaired) electrons. The fourth-order valence-electron chi connectivity index (χ4n) is 4.29. The molecule has 5 heteroatoms. The maximum Gasteiger partial charge on any atom is 0.338 e. The number of nitrogens with zero attached hydrogens (tertiary/aromatic N) is 1. The predicted octanol–water partition coefficient (Wildman–Crippen LogP) is 6.35. The fraction of sp³-hybridized carbons (Fsp3) is 0.286. The Labute approximate surface area is 194 Å². The lowest BCUT2D eigenvalue weighted by atomic mass is 9.89. The molecule has 5 nitrogen and oxygen atoms in total. The molecule has 0 aromatic heterocycles. The summed E-state index contributed by atoms with van der Waals surface area (Å²) in [6.45, 7) is 11.9. The number of hydrogen-bond acceptors (Lipinski definition) is 5. The summed E-state index contributed by atoms with van der Waals surface area (Å²) in [5, 5.41) is 5.28. The third-order valence-electron chi connectivity index (χ3n) is 5.77. The van der Waals surface area contributed by atoms with Gasteiger partial charge in [0.05, 0.1) is 17.5 Å². The maximum atomic E-state index is 12.9. The molecular formula is C28H30N2O3. The minimum Gasteiger partial charge on any atom is -0.462 e. The Morgan fingerprint density at radius 1 is 1.00 bits per heavy atom. The number of aryl methyl sites for hydroxylation is 2. The molecule has 33 heavy (non-hydrogen) atoms. The summed E-state index contributed by atoms with van der Waals surface area (Å²) in [4.78, 5) is 17.5. The van der Waals surface area contributed by atoms with Crippen LogP contribution in [0.5, 0.6) is 0 Å². The smallest absolute Gasteiger partial charge is 0.338 e. The molecule has 1 N–H and O–H groups in total. The molecule has 2 aromatic rings. The highest BCUT2D eigenvalue weighted by atomic mass is 16.5. The normalized spacial score (nSPS) is 11.8. The molecule has 2 aromatic carbocycles. The summed E-state index contributed by atoms with van der Waals surface area (Å²) < 4.78 is 11.8. The maximum absolute atomic E-state index is 12.9. The molecule has 0 saturated heterocycles. The van der Waals surface area contributed by atoms with Gasteiger partial charge in [-0.1, -0.05) is 18.2 Å². The zero-order valence-corrected chi connectivity index (χ0v) is 19.9. The average Bonchev–Trinajstić information content (AvgIpc) is 2.80. The van der Waals surface area contributed by atoms with Gasteiger partial charge in [-0.25, -0.2) is 4.79 Å². The molecule has 0 fully saturated rings. The molecule has 1 heterocycles. The molecule has 4 rings (SSSR count). The Bertz CT molecular complexity index is 1370. The topological polar surface area (TPSA) is 63.8 Å². The average molecular weight is 443 g/mol. The van der Waals surface area contributed by atoms with Crippen LogP contribution in [0.4, 0.5) is 5.69 Å². The van der Waals surface area contributed by atoms with Crippen LogP contribution in [0.2, 0.25) is 0 Å². The zero-order valence-electron chi connectivity index (χ0n) is 19.9. The summed E-state index contributed by atoms with van der Waals surface area (Å²) in [6.07, 6.45) is 0. The summed E-state index contributed by atoms with van der Waals surface area (Å²) in [7, 11) is 0. The first kappa shape index (κ1) is 22.6. The van der Waals surface area contributed by atoms with Crippen molar-refractivity contribution in [3.05, 3.63) is 70.6 Å². The summed E-state index contributed by atoms with van der Waals surface area (Å²) in [5.41, 5.74) is 7.25. The molecule has 0 atom stereocenters. The number of anilines is 1. The van der Waals surface area contributed by atoms with E-state index in [1.807, 2.05) is 50.2 Å². The van der Waals surface area contributed by atoms with Crippen molar-refractivity contribution in [2.24, 2.45) is 4.99 Å². The molecule has 2 aliphatic rings. The first-order chi connectivity index (χ1) is 16.0. The van der Waals surface area contributed by atoms with E-state index in [0.717, 1.165) is 62.1 Å². The highest BCUT2D eigenvalue weighted by Crippen LogP contribution is 2.43. The lowest BCUT2D eigenvalue weighted by Gasteiger charge is -2.19. The first-order valence-electron chi connectivity index (χ1n) is 11.5. The lowest BCUT2D eigenvalue weighted by molar-refractivity contribution is 0.0527. The van der Waals surface area contributed by atoms with Crippen LogP contribution in [-0.2, 0) is 4.74 Å². The van der Waals surface area contributed by atoms with E-state index in [1.54, 1.807) is 0 Å².